The van der Waals surface area contributed by atoms with Crippen molar-refractivity contribution in [1.29, 1.82) is 0 Å². The fourth-order valence-electron chi connectivity index (χ4n) is 3.31. The van der Waals surface area contributed by atoms with Gasteiger partial charge < -0.3 is 9.47 Å². The first-order valence-corrected chi connectivity index (χ1v) is 12.6. The lowest BCUT2D eigenvalue weighted by Gasteiger charge is -2.14. The maximum absolute atomic E-state index is 13.3. The molecule has 0 bridgehead atoms. The van der Waals surface area contributed by atoms with Crippen LogP contribution in [-0.2, 0) is 17.9 Å². The van der Waals surface area contributed by atoms with Gasteiger partial charge in [-0.2, -0.15) is 0 Å². The predicted molar refractivity (Wildman–Crippen MR) is 139 cm³/mol. The molecule has 0 radical (unpaired) electrons. The highest BCUT2D eigenvalue weighted by Crippen LogP contribution is 2.40. The minimum absolute atomic E-state index is 0.0500. The van der Waals surface area contributed by atoms with Gasteiger partial charge in [-0.1, -0.05) is 41.4 Å². The molecule has 0 aliphatic carbocycles. The van der Waals surface area contributed by atoms with Crippen molar-refractivity contribution in [3.8, 4) is 11.5 Å². The normalized spacial score (nSPS) is 14.7. The van der Waals surface area contributed by atoms with E-state index >= 15 is 0 Å². The molecule has 10 heteroatoms. The highest BCUT2D eigenvalue weighted by molar-refractivity contribution is 9.10. The van der Waals surface area contributed by atoms with Crippen LogP contribution in [0.5, 0.6) is 11.5 Å². The number of carbonyl (C=O) groups excluding carboxylic acids is 2. The number of halogens is 4. The summed E-state index contributed by atoms with van der Waals surface area (Å²) in [7, 11) is 1.51. The first-order valence-electron chi connectivity index (χ1n) is 10.2. The summed E-state index contributed by atoms with van der Waals surface area (Å²) >= 11 is 16.3. The SMILES string of the molecule is COc1cc(/C=C2/SC(=O)N(Cc3ccc(F)cc3Cl)C2=O)cc(Br)c1OCc1ccc(Cl)cc1. The Morgan fingerprint density at radius 3 is 2.51 bits per heavy atom. The molecule has 1 aliphatic heterocycles. The molecule has 4 rings (SSSR count). The lowest BCUT2D eigenvalue weighted by atomic mass is 10.1. The van der Waals surface area contributed by atoms with Crippen LogP contribution < -0.4 is 9.47 Å². The van der Waals surface area contributed by atoms with Gasteiger partial charge in [0.2, 0.25) is 0 Å². The van der Waals surface area contributed by atoms with Gasteiger partial charge in [0.25, 0.3) is 11.1 Å². The highest BCUT2D eigenvalue weighted by atomic mass is 79.9. The predicted octanol–water partition coefficient (Wildman–Crippen LogP) is 7.72. The van der Waals surface area contributed by atoms with E-state index in [2.05, 4.69) is 15.9 Å². The van der Waals surface area contributed by atoms with Crippen molar-refractivity contribution in [2.45, 2.75) is 13.2 Å². The van der Waals surface area contributed by atoms with Gasteiger partial charge in [-0.25, -0.2) is 4.39 Å². The third-order valence-electron chi connectivity index (χ3n) is 5.06. The number of hydrogen-bond acceptors (Lipinski definition) is 5. The Labute approximate surface area is 223 Å². The summed E-state index contributed by atoms with van der Waals surface area (Å²) in [6.07, 6.45) is 1.60. The van der Waals surface area contributed by atoms with E-state index in [0.29, 0.717) is 38.7 Å². The summed E-state index contributed by atoms with van der Waals surface area (Å²) < 4.78 is 25.4. The van der Waals surface area contributed by atoms with Gasteiger partial charge >= 0.3 is 0 Å². The first kappa shape index (κ1) is 25.6. The number of amides is 2. The number of carbonyl (C=O) groups is 2. The summed E-state index contributed by atoms with van der Waals surface area (Å²) in [5, 5.41) is 0.355. The van der Waals surface area contributed by atoms with Crippen molar-refractivity contribution in [2.24, 2.45) is 0 Å². The van der Waals surface area contributed by atoms with Crippen LogP contribution in [0.25, 0.3) is 6.08 Å². The summed E-state index contributed by atoms with van der Waals surface area (Å²) in [5.41, 5.74) is 2.04. The van der Waals surface area contributed by atoms with Gasteiger partial charge in [0, 0.05) is 10.0 Å². The summed E-state index contributed by atoms with van der Waals surface area (Å²) in [6, 6.07) is 14.6. The largest absolute Gasteiger partial charge is 0.493 e. The van der Waals surface area contributed by atoms with Gasteiger partial charge in [0.1, 0.15) is 12.4 Å². The molecule has 1 aliphatic rings. The quantitative estimate of drug-likeness (QED) is 0.261. The van der Waals surface area contributed by atoms with Crippen molar-refractivity contribution in [3.63, 3.8) is 0 Å². The Hall–Kier alpha value is -2.52. The number of ether oxygens (including phenoxy) is 2. The molecule has 3 aromatic carbocycles. The zero-order valence-corrected chi connectivity index (χ0v) is 22.1. The molecule has 1 heterocycles. The van der Waals surface area contributed by atoms with Gasteiger partial charge in [-0.15, -0.1) is 0 Å². The van der Waals surface area contributed by atoms with Crippen molar-refractivity contribution in [1.82, 2.24) is 4.90 Å². The zero-order valence-electron chi connectivity index (χ0n) is 18.2. The van der Waals surface area contributed by atoms with Crippen LogP contribution in [-0.4, -0.2) is 23.2 Å². The van der Waals surface area contributed by atoms with Gasteiger partial charge in [-0.3, -0.25) is 14.5 Å². The van der Waals surface area contributed by atoms with E-state index in [1.54, 1.807) is 30.3 Å². The lowest BCUT2D eigenvalue weighted by Crippen LogP contribution is -2.27. The van der Waals surface area contributed by atoms with Crippen molar-refractivity contribution < 1.29 is 23.5 Å². The summed E-state index contributed by atoms with van der Waals surface area (Å²) in [4.78, 5) is 26.7. The number of rotatable bonds is 7. The molecule has 1 saturated heterocycles. The van der Waals surface area contributed by atoms with Crippen LogP contribution in [0.4, 0.5) is 9.18 Å². The topological polar surface area (TPSA) is 55.8 Å². The Morgan fingerprint density at radius 1 is 1.09 bits per heavy atom. The van der Waals surface area contributed by atoms with Crippen LogP contribution in [0.15, 0.2) is 64.0 Å². The minimum atomic E-state index is -0.493. The van der Waals surface area contributed by atoms with Gasteiger partial charge in [0.05, 0.1) is 23.0 Å². The summed E-state index contributed by atoms with van der Waals surface area (Å²) in [6.45, 7) is 0.252. The van der Waals surface area contributed by atoms with Crippen LogP contribution in [0, 0.1) is 5.82 Å². The van der Waals surface area contributed by atoms with E-state index in [-0.39, 0.29) is 16.5 Å². The Kier molecular flexibility index (Phi) is 8.06. The van der Waals surface area contributed by atoms with Crippen molar-refractivity contribution in [3.05, 3.63) is 96.5 Å². The fraction of sp³-hybridized carbons (Fsp3) is 0.120. The third kappa shape index (κ3) is 6.01. The third-order valence-corrected chi connectivity index (χ3v) is 7.16. The van der Waals surface area contributed by atoms with E-state index in [4.69, 9.17) is 32.7 Å². The number of methoxy groups -OCH3 is 1. The Balaban J connectivity index is 1.53. The van der Waals surface area contributed by atoms with E-state index in [9.17, 15) is 14.0 Å². The van der Waals surface area contributed by atoms with Gasteiger partial charge in [-0.05, 0) is 86.9 Å². The number of thioether (sulfide) groups is 1. The molecule has 0 saturated carbocycles. The molecular weight excluding hydrogens is 580 g/mol. The Bertz CT molecular complexity index is 1330. The van der Waals surface area contributed by atoms with Gasteiger partial charge in [0.15, 0.2) is 11.5 Å². The van der Waals surface area contributed by atoms with Crippen molar-refractivity contribution >= 4 is 68.1 Å². The average molecular weight is 597 g/mol. The minimum Gasteiger partial charge on any atom is -0.493 e. The maximum Gasteiger partial charge on any atom is 0.293 e. The molecule has 5 nitrogen and oxygen atoms in total. The fourth-order valence-corrected chi connectivity index (χ4v) is 5.07. The van der Waals surface area contributed by atoms with E-state index in [0.717, 1.165) is 28.3 Å². The molecule has 1 fully saturated rings. The molecule has 0 spiro atoms. The Morgan fingerprint density at radius 2 is 1.83 bits per heavy atom. The molecule has 2 amide bonds. The zero-order chi connectivity index (χ0) is 25.1. The second-order valence-electron chi connectivity index (χ2n) is 7.45. The second kappa shape index (κ2) is 11.0. The smallest absolute Gasteiger partial charge is 0.293 e. The molecule has 0 unspecified atom stereocenters. The lowest BCUT2D eigenvalue weighted by molar-refractivity contribution is -0.123. The van der Waals surface area contributed by atoms with Crippen LogP contribution >= 0.6 is 50.9 Å². The number of nitrogens with zero attached hydrogens (tertiary/aromatic N) is 1. The molecule has 3 aromatic rings. The number of imide groups is 1. The van der Waals surface area contributed by atoms with E-state index in [1.165, 1.54) is 19.2 Å². The van der Waals surface area contributed by atoms with E-state index < -0.39 is 17.0 Å². The molecule has 180 valence electrons. The monoisotopic (exact) mass is 595 g/mol. The van der Waals surface area contributed by atoms with E-state index in [1.807, 2.05) is 12.1 Å². The maximum atomic E-state index is 13.3. The molecule has 0 atom stereocenters. The van der Waals surface area contributed by atoms with Crippen LogP contribution in [0.3, 0.4) is 0 Å². The first-order chi connectivity index (χ1) is 16.7. The average Bonchev–Trinajstić information content (AvgIpc) is 3.08. The molecule has 0 N–H and O–H groups in total. The standard InChI is InChI=1S/C25H17BrCl2FNO4S/c1-33-21-9-15(8-19(26)23(21)34-13-14-2-5-17(27)6-3-14)10-22-24(31)30(25(32)35-22)12-16-4-7-18(29)11-20(16)28/h2-11H,12-13H2,1H3/b22-10+. The number of benzene rings is 3. The second-order valence-corrected chi connectivity index (χ2v) is 10.1. The number of hydrogen-bond donors (Lipinski definition) is 0. The van der Waals surface area contributed by atoms with Crippen LogP contribution in [0.2, 0.25) is 10.0 Å². The highest BCUT2D eigenvalue weighted by Gasteiger charge is 2.35. The molecule has 35 heavy (non-hydrogen) atoms. The van der Waals surface area contributed by atoms with Crippen LogP contribution in [0.1, 0.15) is 16.7 Å². The summed E-state index contributed by atoms with van der Waals surface area (Å²) in [5.74, 6) is 0.00187. The molecule has 0 aromatic heterocycles. The van der Waals surface area contributed by atoms with Crippen molar-refractivity contribution in [2.75, 3.05) is 7.11 Å². The molecular formula is C25H17BrCl2FNO4S.